The van der Waals surface area contributed by atoms with Crippen molar-refractivity contribution in [2.45, 2.75) is 19.3 Å². The highest BCUT2D eigenvalue weighted by Crippen LogP contribution is 2.47. The van der Waals surface area contributed by atoms with Gasteiger partial charge in [-0.3, -0.25) is 4.79 Å². The Bertz CT molecular complexity index is 435. The number of amides is 1. The van der Waals surface area contributed by atoms with Crippen molar-refractivity contribution in [3.8, 4) is 0 Å². The Morgan fingerprint density at radius 2 is 1.89 bits per heavy atom. The second-order valence-corrected chi connectivity index (χ2v) is 5.04. The van der Waals surface area contributed by atoms with E-state index < -0.39 is 0 Å². The van der Waals surface area contributed by atoms with Crippen LogP contribution in [0.25, 0.3) is 0 Å². The highest BCUT2D eigenvalue weighted by molar-refractivity contribution is 5.96. The average Bonchev–Trinajstić information content (AvgIpc) is 3.06. The molecule has 1 aliphatic rings. The number of hydrogen-bond donors (Lipinski definition) is 4. The van der Waals surface area contributed by atoms with Crippen molar-refractivity contribution in [2.75, 3.05) is 24.6 Å². The summed E-state index contributed by atoms with van der Waals surface area (Å²) < 4.78 is 0. The first-order chi connectivity index (χ1) is 8.54. The Morgan fingerprint density at radius 3 is 2.39 bits per heavy atom. The van der Waals surface area contributed by atoms with Crippen molar-refractivity contribution >= 4 is 17.3 Å². The lowest BCUT2D eigenvalue weighted by Gasteiger charge is -2.14. The molecule has 1 saturated carbocycles. The normalized spacial score (nSPS) is 16.3. The van der Waals surface area contributed by atoms with Crippen molar-refractivity contribution < 1.29 is 9.90 Å². The van der Waals surface area contributed by atoms with E-state index in [-0.39, 0.29) is 17.9 Å². The Kier molecular flexibility index (Phi) is 3.43. The van der Waals surface area contributed by atoms with Gasteiger partial charge in [0, 0.05) is 30.1 Å². The first-order valence-electron chi connectivity index (χ1n) is 6.10. The Morgan fingerprint density at radius 1 is 1.28 bits per heavy atom. The van der Waals surface area contributed by atoms with Crippen molar-refractivity contribution in [1.82, 2.24) is 5.32 Å². The molecule has 0 atom stereocenters. The summed E-state index contributed by atoms with van der Waals surface area (Å²) >= 11 is 0. The van der Waals surface area contributed by atoms with Gasteiger partial charge >= 0.3 is 0 Å². The van der Waals surface area contributed by atoms with Crippen molar-refractivity contribution in [1.29, 1.82) is 0 Å². The molecule has 98 valence electrons. The molecule has 0 saturated heterocycles. The standard InChI is InChI=1S/C13H19N3O2/c14-10-5-9(6-11(15)7-10)12(18)16-8-13(1-2-13)3-4-17/h5-7,17H,1-4,8,14-15H2,(H,16,18). The van der Waals surface area contributed by atoms with Gasteiger partial charge in [-0.25, -0.2) is 0 Å². The van der Waals surface area contributed by atoms with E-state index in [1.807, 2.05) is 0 Å². The molecular weight excluding hydrogens is 230 g/mol. The molecule has 0 spiro atoms. The Balaban J connectivity index is 1.95. The summed E-state index contributed by atoms with van der Waals surface area (Å²) in [6, 6.07) is 4.83. The van der Waals surface area contributed by atoms with Gasteiger partial charge in [-0.1, -0.05) is 0 Å². The summed E-state index contributed by atoms with van der Waals surface area (Å²) in [6.45, 7) is 0.766. The van der Waals surface area contributed by atoms with Gasteiger partial charge in [0.25, 0.3) is 5.91 Å². The second-order valence-electron chi connectivity index (χ2n) is 5.04. The van der Waals surface area contributed by atoms with Gasteiger partial charge in [0.2, 0.25) is 0 Å². The summed E-state index contributed by atoms with van der Waals surface area (Å²) in [4.78, 5) is 11.9. The number of carbonyl (C=O) groups is 1. The molecular formula is C13H19N3O2. The summed E-state index contributed by atoms with van der Waals surface area (Å²) in [7, 11) is 0. The van der Waals surface area contributed by atoms with Gasteiger partial charge in [-0.15, -0.1) is 0 Å². The van der Waals surface area contributed by atoms with Crippen LogP contribution in [0.1, 0.15) is 29.6 Å². The van der Waals surface area contributed by atoms with Gasteiger partial charge in [0.05, 0.1) is 0 Å². The largest absolute Gasteiger partial charge is 0.399 e. The number of aliphatic hydroxyl groups is 1. The van der Waals surface area contributed by atoms with E-state index >= 15 is 0 Å². The highest BCUT2D eigenvalue weighted by atomic mass is 16.3. The summed E-state index contributed by atoms with van der Waals surface area (Å²) in [5, 5.41) is 11.8. The summed E-state index contributed by atoms with van der Waals surface area (Å²) in [5.74, 6) is -0.168. The Labute approximate surface area is 106 Å². The minimum atomic E-state index is -0.168. The van der Waals surface area contributed by atoms with Crippen LogP contribution < -0.4 is 16.8 Å². The van der Waals surface area contributed by atoms with Gasteiger partial charge in [0.1, 0.15) is 0 Å². The zero-order valence-corrected chi connectivity index (χ0v) is 10.3. The van der Waals surface area contributed by atoms with E-state index in [0.717, 1.165) is 19.3 Å². The molecule has 1 amide bonds. The molecule has 0 aliphatic heterocycles. The average molecular weight is 249 g/mol. The number of nitrogen functional groups attached to an aromatic ring is 2. The number of rotatable bonds is 5. The molecule has 2 rings (SSSR count). The molecule has 0 aromatic heterocycles. The smallest absolute Gasteiger partial charge is 0.251 e. The first kappa shape index (κ1) is 12.7. The molecule has 1 aromatic rings. The van der Waals surface area contributed by atoms with Crippen molar-refractivity contribution in [2.24, 2.45) is 5.41 Å². The van der Waals surface area contributed by atoms with Crippen LogP contribution in [-0.2, 0) is 0 Å². The van der Waals surface area contributed by atoms with Gasteiger partial charge in [-0.2, -0.15) is 0 Å². The molecule has 0 radical (unpaired) electrons. The van der Waals surface area contributed by atoms with Crippen LogP contribution in [0.5, 0.6) is 0 Å². The third kappa shape index (κ3) is 2.92. The van der Waals surface area contributed by atoms with E-state index in [1.54, 1.807) is 18.2 Å². The monoisotopic (exact) mass is 249 g/mol. The molecule has 5 nitrogen and oxygen atoms in total. The molecule has 5 heteroatoms. The number of nitrogens with one attached hydrogen (secondary N) is 1. The zero-order valence-electron chi connectivity index (χ0n) is 10.3. The highest BCUT2D eigenvalue weighted by Gasteiger charge is 2.41. The molecule has 0 bridgehead atoms. The predicted octanol–water partition coefficient (Wildman–Crippen LogP) is 0.743. The molecule has 0 heterocycles. The number of hydrogen-bond acceptors (Lipinski definition) is 4. The second kappa shape index (κ2) is 4.86. The number of nitrogens with two attached hydrogens (primary N) is 2. The fourth-order valence-corrected chi connectivity index (χ4v) is 2.11. The molecule has 1 aliphatic carbocycles. The minimum Gasteiger partial charge on any atom is -0.399 e. The van der Waals surface area contributed by atoms with Crippen LogP contribution in [0.2, 0.25) is 0 Å². The summed E-state index contributed by atoms with van der Waals surface area (Å²) in [6.07, 6.45) is 2.87. The van der Waals surface area contributed by atoms with Crippen molar-refractivity contribution in [3.63, 3.8) is 0 Å². The van der Waals surface area contributed by atoms with Gasteiger partial charge in [0.15, 0.2) is 0 Å². The minimum absolute atomic E-state index is 0.107. The zero-order chi connectivity index (χ0) is 13.2. The molecule has 0 unspecified atom stereocenters. The van der Waals surface area contributed by atoms with E-state index in [4.69, 9.17) is 16.6 Å². The topological polar surface area (TPSA) is 101 Å². The SMILES string of the molecule is Nc1cc(N)cc(C(=O)NCC2(CCO)CC2)c1. The molecule has 1 fully saturated rings. The van der Waals surface area contributed by atoms with Crippen LogP contribution in [0.3, 0.4) is 0 Å². The first-order valence-corrected chi connectivity index (χ1v) is 6.10. The fourth-order valence-electron chi connectivity index (χ4n) is 2.11. The van der Waals surface area contributed by atoms with Crippen LogP contribution in [-0.4, -0.2) is 24.2 Å². The van der Waals surface area contributed by atoms with E-state index in [2.05, 4.69) is 5.32 Å². The lowest BCUT2D eigenvalue weighted by Crippen LogP contribution is -2.30. The fraction of sp³-hybridized carbons (Fsp3) is 0.462. The maximum Gasteiger partial charge on any atom is 0.251 e. The van der Waals surface area contributed by atoms with E-state index in [1.165, 1.54) is 0 Å². The quantitative estimate of drug-likeness (QED) is 0.578. The lowest BCUT2D eigenvalue weighted by atomic mass is 10.0. The van der Waals surface area contributed by atoms with Crippen LogP contribution >= 0.6 is 0 Å². The van der Waals surface area contributed by atoms with Gasteiger partial charge < -0.3 is 21.9 Å². The maximum atomic E-state index is 11.9. The number of benzene rings is 1. The van der Waals surface area contributed by atoms with E-state index in [0.29, 0.717) is 23.5 Å². The number of aliphatic hydroxyl groups excluding tert-OH is 1. The predicted molar refractivity (Wildman–Crippen MR) is 71.0 cm³/mol. The van der Waals surface area contributed by atoms with E-state index in [9.17, 15) is 4.79 Å². The summed E-state index contributed by atoms with van der Waals surface area (Å²) in [5.41, 5.74) is 12.8. The van der Waals surface area contributed by atoms with Crippen LogP contribution in [0, 0.1) is 5.41 Å². The molecule has 1 aromatic carbocycles. The number of carbonyl (C=O) groups excluding carboxylic acids is 1. The molecule has 18 heavy (non-hydrogen) atoms. The maximum absolute atomic E-state index is 11.9. The van der Waals surface area contributed by atoms with Gasteiger partial charge in [-0.05, 0) is 42.9 Å². The Hall–Kier alpha value is -1.75. The lowest BCUT2D eigenvalue weighted by molar-refractivity contribution is 0.0941. The molecule has 6 N–H and O–H groups in total. The third-order valence-corrected chi connectivity index (χ3v) is 3.46. The number of anilines is 2. The van der Waals surface area contributed by atoms with Crippen molar-refractivity contribution in [3.05, 3.63) is 23.8 Å². The van der Waals surface area contributed by atoms with Crippen LogP contribution in [0.4, 0.5) is 11.4 Å². The van der Waals surface area contributed by atoms with Crippen LogP contribution in [0.15, 0.2) is 18.2 Å². The third-order valence-electron chi connectivity index (χ3n) is 3.46.